The van der Waals surface area contributed by atoms with Crippen LogP contribution in [0, 0.1) is 0 Å². The lowest BCUT2D eigenvalue weighted by molar-refractivity contribution is 0.00644. The summed E-state index contributed by atoms with van der Waals surface area (Å²) >= 11 is 0. The number of phenolic OH excluding ortho intramolecular Hbond substituents is 7. The number of phenols is 7. The molecule has 8 N–H and O–H groups in total. The lowest BCUT2D eigenvalue weighted by Gasteiger charge is -2.38. The molecule has 156 valence electrons. The van der Waals surface area contributed by atoms with Crippen molar-refractivity contribution < 1.29 is 45.6 Å². The predicted octanol–water partition coefficient (Wildman–Crippen LogP) is 2.25. The van der Waals surface area contributed by atoms with E-state index in [-0.39, 0.29) is 33.9 Å². The SMILES string of the molecule is Oc1cc(O)c([C@@H]2c3c(O)cc(O)cc3O[C@H](c3ccc(O)c(O)c3)[C@H]2O)c(O)c1. The molecule has 3 aromatic carbocycles. The highest BCUT2D eigenvalue weighted by molar-refractivity contribution is 5.62. The number of rotatable bonds is 2. The number of benzene rings is 3. The Morgan fingerprint density at radius 1 is 0.600 bits per heavy atom. The summed E-state index contributed by atoms with van der Waals surface area (Å²) in [5.74, 6) is -4.38. The minimum Gasteiger partial charge on any atom is -0.508 e. The van der Waals surface area contributed by atoms with Gasteiger partial charge in [0.05, 0.1) is 5.92 Å². The van der Waals surface area contributed by atoms with E-state index in [9.17, 15) is 40.9 Å². The van der Waals surface area contributed by atoms with Crippen molar-refractivity contribution in [3.63, 3.8) is 0 Å². The second-order valence-electron chi connectivity index (χ2n) is 7.03. The molecule has 0 saturated carbocycles. The summed E-state index contributed by atoms with van der Waals surface area (Å²) in [4.78, 5) is 0. The zero-order valence-electron chi connectivity index (χ0n) is 15.3. The van der Waals surface area contributed by atoms with Crippen LogP contribution in [0.2, 0.25) is 0 Å². The quantitative estimate of drug-likeness (QED) is 0.293. The standard InChI is InChI=1S/C21H18O9/c22-9-4-13(26)17(14(27)5-9)19-18-15(28)6-10(23)7-16(18)30-21(20(19)29)8-1-2-11(24)12(25)3-8/h1-7,19-29H/t19-,20+,21-/m1/s1. The Labute approximate surface area is 169 Å². The van der Waals surface area contributed by atoms with Crippen LogP contribution in [0.5, 0.6) is 46.0 Å². The molecule has 4 rings (SSSR count). The molecule has 1 heterocycles. The van der Waals surface area contributed by atoms with Gasteiger partial charge in [-0.3, -0.25) is 0 Å². The molecule has 30 heavy (non-hydrogen) atoms. The van der Waals surface area contributed by atoms with Crippen LogP contribution < -0.4 is 4.74 Å². The van der Waals surface area contributed by atoms with Crippen LogP contribution >= 0.6 is 0 Å². The third kappa shape index (κ3) is 3.01. The molecule has 0 fully saturated rings. The third-order valence-corrected chi connectivity index (χ3v) is 5.08. The molecule has 0 bridgehead atoms. The fourth-order valence-electron chi connectivity index (χ4n) is 3.78. The summed E-state index contributed by atoms with van der Waals surface area (Å²) in [6.07, 6.45) is -2.68. The Balaban J connectivity index is 1.95. The van der Waals surface area contributed by atoms with E-state index < -0.39 is 46.9 Å². The summed E-state index contributed by atoms with van der Waals surface area (Å²) in [6.45, 7) is 0. The molecule has 0 saturated heterocycles. The molecule has 0 unspecified atom stereocenters. The van der Waals surface area contributed by atoms with Gasteiger partial charge in [-0.2, -0.15) is 0 Å². The van der Waals surface area contributed by atoms with Crippen LogP contribution in [-0.4, -0.2) is 47.0 Å². The first-order valence-electron chi connectivity index (χ1n) is 8.84. The molecule has 3 aromatic rings. The molecule has 0 aliphatic carbocycles. The van der Waals surface area contributed by atoms with Crippen LogP contribution in [-0.2, 0) is 0 Å². The van der Waals surface area contributed by atoms with Crippen LogP contribution in [0.4, 0.5) is 0 Å². The normalized spacial score (nSPS) is 20.4. The van der Waals surface area contributed by atoms with Gasteiger partial charge in [-0.15, -0.1) is 0 Å². The Morgan fingerprint density at radius 2 is 1.17 bits per heavy atom. The Bertz CT molecular complexity index is 1120. The predicted molar refractivity (Wildman–Crippen MR) is 102 cm³/mol. The van der Waals surface area contributed by atoms with E-state index in [4.69, 9.17) is 4.74 Å². The number of aromatic hydroxyl groups is 7. The monoisotopic (exact) mass is 414 g/mol. The van der Waals surface area contributed by atoms with E-state index in [1.807, 2.05) is 0 Å². The maximum atomic E-state index is 11.1. The number of hydrogen-bond acceptors (Lipinski definition) is 9. The van der Waals surface area contributed by atoms with Gasteiger partial charge in [-0.1, -0.05) is 6.07 Å². The first-order valence-corrected chi connectivity index (χ1v) is 8.84. The lowest BCUT2D eigenvalue weighted by Crippen LogP contribution is -2.35. The summed E-state index contributed by atoms with van der Waals surface area (Å²) in [5.41, 5.74) is 0.0590. The van der Waals surface area contributed by atoms with Crippen molar-refractivity contribution in [3.05, 3.63) is 59.2 Å². The van der Waals surface area contributed by atoms with Crippen molar-refractivity contribution in [2.75, 3.05) is 0 Å². The smallest absolute Gasteiger partial charge is 0.157 e. The topological polar surface area (TPSA) is 171 Å². The van der Waals surface area contributed by atoms with E-state index in [1.54, 1.807) is 0 Å². The third-order valence-electron chi connectivity index (χ3n) is 5.08. The van der Waals surface area contributed by atoms with Crippen molar-refractivity contribution in [2.45, 2.75) is 18.1 Å². The highest BCUT2D eigenvalue weighted by atomic mass is 16.5. The molecular weight excluding hydrogens is 396 g/mol. The zero-order valence-corrected chi connectivity index (χ0v) is 15.3. The van der Waals surface area contributed by atoms with Gasteiger partial charge in [0, 0.05) is 35.4 Å². The summed E-state index contributed by atoms with van der Waals surface area (Å²) < 4.78 is 5.77. The van der Waals surface area contributed by atoms with Gasteiger partial charge in [0.1, 0.15) is 40.6 Å². The van der Waals surface area contributed by atoms with Gasteiger partial charge in [-0.05, 0) is 17.7 Å². The summed E-state index contributed by atoms with van der Waals surface area (Å²) in [5, 5.41) is 81.2. The van der Waals surface area contributed by atoms with Crippen molar-refractivity contribution >= 4 is 0 Å². The van der Waals surface area contributed by atoms with Crippen LogP contribution in [0.15, 0.2) is 42.5 Å². The molecule has 0 radical (unpaired) electrons. The first kappa shape index (κ1) is 19.3. The van der Waals surface area contributed by atoms with E-state index in [0.717, 1.165) is 18.2 Å². The highest BCUT2D eigenvalue weighted by Crippen LogP contribution is 2.54. The van der Waals surface area contributed by atoms with E-state index in [2.05, 4.69) is 0 Å². The van der Waals surface area contributed by atoms with Crippen LogP contribution in [0.25, 0.3) is 0 Å². The maximum absolute atomic E-state index is 11.1. The molecule has 3 atom stereocenters. The van der Waals surface area contributed by atoms with Gasteiger partial charge in [0.25, 0.3) is 0 Å². The minimum absolute atomic E-state index is 0.00385. The Hall–Kier alpha value is -3.98. The molecule has 9 heteroatoms. The van der Waals surface area contributed by atoms with E-state index in [0.29, 0.717) is 0 Å². The highest BCUT2D eigenvalue weighted by Gasteiger charge is 2.43. The summed E-state index contributed by atoms with van der Waals surface area (Å²) in [7, 11) is 0. The number of fused-ring (bicyclic) bond motifs is 1. The second kappa shape index (κ2) is 6.82. The van der Waals surface area contributed by atoms with Crippen molar-refractivity contribution in [1.29, 1.82) is 0 Å². The van der Waals surface area contributed by atoms with Crippen LogP contribution in [0.1, 0.15) is 28.7 Å². The van der Waals surface area contributed by atoms with E-state index >= 15 is 0 Å². The van der Waals surface area contributed by atoms with E-state index in [1.165, 1.54) is 24.3 Å². The first-order chi connectivity index (χ1) is 14.2. The van der Waals surface area contributed by atoms with Gasteiger partial charge in [0.15, 0.2) is 17.6 Å². The minimum atomic E-state index is -1.50. The molecule has 9 nitrogen and oxygen atoms in total. The molecule has 0 amide bonds. The second-order valence-corrected chi connectivity index (χ2v) is 7.03. The van der Waals surface area contributed by atoms with Crippen molar-refractivity contribution in [2.24, 2.45) is 0 Å². The Morgan fingerprint density at radius 3 is 1.77 bits per heavy atom. The van der Waals surface area contributed by atoms with Crippen molar-refractivity contribution in [1.82, 2.24) is 0 Å². The molecule has 0 aromatic heterocycles. The molecule has 1 aliphatic heterocycles. The zero-order chi connectivity index (χ0) is 21.7. The Kier molecular flexibility index (Phi) is 4.39. The fourth-order valence-corrected chi connectivity index (χ4v) is 3.78. The number of ether oxygens (including phenoxy) is 1. The lowest BCUT2D eigenvalue weighted by atomic mass is 9.79. The van der Waals surface area contributed by atoms with Gasteiger partial charge < -0.3 is 45.6 Å². The molecule has 0 spiro atoms. The van der Waals surface area contributed by atoms with Crippen LogP contribution in [0.3, 0.4) is 0 Å². The maximum Gasteiger partial charge on any atom is 0.157 e. The number of aliphatic hydroxyl groups excluding tert-OH is 1. The molecular formula is C21H18O9. The van der Waals surface area contributed by atoms with Gasteiger partial charge >= 0.3 is 0 Å². The largest absolute Gasteiger partial charge is 0.508 e. The average molecular weight is 414 g/mol. The molecule has 1 aliphatic rings. The number of aliphatic hydroxyl groups is 1. The van der Waals surface area contributed by atoms with Gasteiger partial charge in [0.2, 0.25) is 0 Å². The van der Waals surface area contributed by atoms with Gasteiger partial charge in [-0.25, -0.2) is 0 Å². The fraction of sp³-hybridized carbons (Fsp3) is 0.143. The van der Waals surface area contributed by atoms with Crippen molar-refractivity contribution in [3.8, 4) is 46.0 Å². The summed E-state index contributed by atoms with van der Waals surface area (Å²) in [6, 6.07) is 7.90. The number of hydrogen-bond donors (Lipinski definition) is 8. The average Bonchev–Trinajstić information content (AvgIpc) is 2.64.